The molecule has 0 heterocycles. The zero-order valence-electron chi connectivity index (χ0n) is 10.3. The van der Waals surface area contributed by atoms with Crippen molar-refractivity contribution in [2.75, 3.05) is 19.4 Å². The van der Waals surface area contributed by atoms with Crippen LogP contribution in [0.3, 0.4) is 0 Å². The summed E-state index contributed by atoms with van der Waals surface area (Å²) in [6, 6.07) is 0. The monoisotopic (exact) mass is 250 g/mol. The molecule has 0 bridgehead atoms. The van der Waals surface area contributed by atoms with Crippen LogP contribution in [0.5, 0.6) is 0 Å². The summed E-state index contributed by atoms with van der Waals surface area (Å²) < 4.78 is 21.3. The third-order valence-corrected chi connectivity index (χ3v) is 3.38. The molecule has 0 aromatic heterocycles. The van der Waals surface area contributed by atoms with Crippen LogP contribution in [0.15, 0.2) is 0 Å². The zero-order valence-corrected chi connectivity index (χ0v) is 11.3. The highest BCUT2D eigenvalue weighted by molar-refractivity contribution is 7.39. The Kier molecular flexibility index (Phi) is 10.9. The quantitative estimate of drug-likeness (QED) is 0.340. The molecule has 0 spiro atoms. The normalized spacial score (nSPS) is 12.4. The highest BCUT2D eigenvalue weighted by Crippen LogP contribution is 2.23. The van der Waals surface area contributed by atoms with Crippen molar-refractivity contribution in [1.82, 2.24) is 0 Å². The lowest BCUT2D eigenvalue weighted by Crippen LogP contribution is -2.01. The maximum Gasteiger partial charge on any atom is 0.302 e. The van der Waals surface area contributed by atoms with E-state index >= 15 is 0 Å². The van der Waals surface area contributed by atoms with Crippen LogP contribution >= 0.6 is 8.03 Å². The lowest BCUT2D eigenvalue weighted by atomic mass is 10.2. The van der Waals surface area contributed by atoms with Crippen LogP contribution < -0.4 is 0 Å². The van der Waals surface area contributed by atoms with E-state index in [2.05, 4.69) is 6.92 Å². The molecule has 0 amide bonds. The third-order valence-electron chi connectivity index (χ3n) is 2.09. The van der Waals surface area contributed by atoms with Gasteiger partial charge in [-0.15, -0.1) is 0 Å². The van der Waals surface area contributed by atoms with E-state index in [4.69, 9.17) is 9.26 Å². The third kappa shape index (κ3) is 11.7. The van der Waals surface area contributed by atoms with E-state index in [0.717, 1.165) is 12.8 Å². The molecular weight excluding hydrogens is 227 g/mol. The van der Waals surface area contributed by atoms with Crippen molar-refractivity contribution in [3.8, 4) is 0 Å². The first-order valence-electron chi connectivity index (χ1n) is 5.95. The summed E-state index contributed by atoms with van der Waals surface area (Å²) in [6.45, 7) is 4.45. The highest BCUT2D eigenvalue weighted by Gasteiger charge is 2.00. The molecule has 16 heavy (non-hydrogen) atoms. The Hall–Kier alpha value is -0.340. The van der Waals surface area contributed by atoms with Gasteiger partial charge in [-0.05, 0) is 12.8 Å². The van der Waals surface area contributed by atoms with Crippen molar-refractivity contribution in [2.45, 2.75) is 46.0 Å². The molecule has 0 saturated heterocycles. The van der Waals surface area contributed by atoms with Crippen LogP contribution in [0, 0.1) is 0 Å². The van der Waals surface area contributed by atoms with Gasteiger partial charge < -0.3 is 9.26 Å². The van der Waals surface area contributed by atoms with Gasteiger partial charge in [0.1, 0.15) is 0 Å². The maximum atomic E-state index is 11.3. The summed E-state index contributed by atoms with van der Waals surface area (Å²) in [6.07, 6.45) is 5.64. The molecule has 0 saturated carbocycles. The van der Waals surface area contributed by atoms with E-state index in [-0.39, 0.29) is 5.97 Å². The van der Waals surface area contributed by atoms with Crippen LogP contribution in [0.1, 0.15) is 46.0 Å². The van der Waals surface area contributed by atoms with E-state index in [1.807, 2.05) is 0 Å². The lowest BCUT2D eigenvalue weighted by Gasteiger charge is -2.04. The molecule has 0 aliphatic rings. The Balaban J connectivity index is 3.21. The predicted octanol–water partition coefficient (Wildman–Crippen LogP) is 3.01. The van der Waals surface area contributed by atoms with Gasteiger partial charge in [-0.2, -0.15) is 0 Å². The Labute approximate surface area is 98.6 Å². The molecule has 0 aliphatic heterocycles. The predicted molar refractivity (Wildman–Crippen MR) is 65.2 cm³/mol. The van der Waals surface area contributed by atoms with Gasteiger partial charge >= 0.3 is 5.97 Å². The van der Waals surface area contributed by atoms with Gasteiger partial charge in [-0.25, -0.2) is 0 Å². The van der Waals surface area contributed by atoms with Gasteiger partial charge in [0.25, 0.3) is 0 Å². The number of hydrogen-bond acceptors (Lipinski definition) is 4. The average Bonchev–Trinajstić information content (AvgIpc) is 2.24. The van der Waals surface area contributed by atoms with Crippen LogP contribution in [0.2, 0.25) is 0 Å². The molecule has 0 rings (SSSR count). The van der Waals surface area contributed by atoms with E-state index in [1.165, 1.54) is 19.8 Å². The minimum absolute atomic E-state index is 0.292. The molecule has 4 nitrogen and oxygen atoms in total. The fourth-order valence-corrected chi connectivity index (χ4v) is 2.17. The Morgan fingerprint density at radius 3 is 2.50 bits per heavy atom. The first kappa shape index (κ1) is 15.7. The lowest BCUT2D eigenvalue weighted by molar-refractivity contribution is -0.140. The number of hydrogen-bond donors (Lipinski definition) is 0. The number of esters is 1. The Bertz CT molecular complexity index is 206. The van der Waals surface area contributed by atoms with Crippen molar-refractivity contribution < 1.29 is 18.6 Å². The summed E-state index contributed by atoms with van der Waals surface area (Å²) in [5.41, 5.74) is 0. The molecule has 1 atom stereocenters. The van der Waals surface area contributed by atoms with Crippen molar-refractivity contribution in [3.63, 3.8) is 0 Å². The van der Waals surface area contributed by atoms with E-state index in [1.54, 1.807) is 0 Å². The van der Waals surface area contributed by atoms with Crippen molar-refractivity contribution in [3.05, 3.63) is 0 Å². The van der Waals surface area contributed by atoms with Crippen LogP contribution in [0.25, 0.3) is 0 Å². The molecule has 5 heteroatoms. The topological polar surface area (TPSA) is 52.6 Å². The van der Waals surface area contributed by atoms with Gasteiger partial charge in [-0.1, -0.05) is 26.2 Å². The van der Waals surface area contributed by atoms with Gasteiger partial charge in [0, 0.05) is 13.1 Å². The van der Waals surface area contributed by atoms with Crippen molar-refractivity contribution in [2.24, 2.45) is 0 Å². The molecule has 0 aliphatic carbocycles. The smallest absolute Gasteiger partial charge is 0.302 e. The minimum Gasteiger partial charge on any atom is -0.466 e. The van der Waals surface area contributed by atoms with Crippen LogP contribution in [0.4, 0.5) is 0 Å². The van der Waals surface area contributed by atoms with Gasteiger partial charge in [0.2, 0.25) is 0 Å². The maximum absolute atomic E-state index is 11.3. The van der Waals surface area contributed by atoms with Crippen LogP contribution in [-0.2, 0) is 18.6 Å². The summed E-state index contributed by atoms with van der Waals surface area (Å²) in [5, 5.41) is 0. The summed E-state index contributed by atoms with van der Waals surface area (Å²) in [4.78, 5) is 10.4. The second kappa shape index (κ2) is 11.2. The minimum atomic E-state index is -1.92. The number of ether oxygens (including phenoxy) is 1. The van der Waals surface area contributed by atoms with E-state index in [0.29, 0.717) is 25.8 Å². The summed E-state index contributed by atoms with van der Waals surface area (Å²) in [7, 11) is -1.92. The van der Waals surface area contributed by atoms with E-state index in [9.17, 15) is 9.36 Å². The summed E-state index contributed by atoms with van der Waals surface area (Å²) in [5.74, 6) is -0.292. The molecule has 0 N–H and O–H groups in total. The van der Waals surface area contributed by atoms with Gasteiger partial charge in [0.05, 0.1) is 13.2 Å². The first-order valence-corrected chi connectivity index (χ1v) is 7.48. The standard InChI is InChI=1S/C11H23O4P/c1-3-4-5-6-9-15-16(13)10-7-8-14-11(2)12/h16H,3-10H2,1-2H3. The zero-order chi connectivity index (χ0) is 12.2. The number of rotatable bonds is 10. The highest BCUT2D eigenvalue weighted by atomic mass is 31.1. The molecule has 0 aromatic carbocycles. The van der Waals surface area contributed by atoms with Crippen molar-refractivity contribution in [1.29, 1.82) is 0 Å². The Morgan fingerprint density at radius 2 is 1.88 bits per heavy atom. The fourth-order valence-electron chi connectivity index (χ4n) is 1.22. The first-order chi connectivity index (χ1) is 7.66. The molecule has 1 unspecified atom stereocenters. The second-order valence-electron chi connectivity index (χ2n) is 3.72. The fraction of sp³-hybridized carbons (Fsp3) is 0.909. The second-order valence-corrected chi connectivity index (χ2v) is 5.26. The molecule has 0 fully saturated rings. The van der Waals surface area contributed by atoms with E-state index < -0.39 is 8.03 Å². The molecule has 0 radical (unpaired) electrons. The molecular formula is C11H23O4P. The average molecular weight is 250 g/mol. The number of carbonyl (C=O) groups excluding carboxylic acids is 1. The SMILES string of the molecule is CCCCCCO[PH](=O)CCCOC(C)=O. The van der Waals surface area contributed by atoms with Gasteiger partial charge in [0.15, 0.2) is 8.03 Å². The Morgan fingerprint density at radius 1 is 1.12 bits per heavy atom. The van der Waals surface area contributed by atoms with Gasteiger partial charge in [-0.3, -0.25) is 9.36 Å². The van der Waals surface area contributed by atoms with Crippen LogP contribution in [-0.4, -0.2) is 25.3 Å². The largest absolute Gasteiger partial charge is 0.466 e. The summed E-state index contributed by atoms with van der Waals surface area (Å²) >= 11 is 0. The number of unbranched alkanes of at least 4 members (excludes halogenated alkanes) is 3. The number of carbonyl (C=O) groups is 1. The molecule has 0 aromatic rings. The molecule has 96 valence electrons. The van der Waals surface area contributed by atoms with Crippen molar-refractivity contribution >= 4 is 14.0 Å².